The summed E-state index contributed by atoms with van der Waals surface area (Å²) in [4.78, 5) is 13.7. The fraction of sp³-hybridized carbons (Fsp3) is 0.750. The van der Waals surface area contributed by atoms with Crippen LogP contribution < -0.4 is 5.32 Å². The zero-order valence-corrected chi connectivity index (χ0v) is 9.67. The largest absolute Gasteiger partial charge is 0.341 e. The lowest BCUT2D eigenvalue weighted by Gasteiger charge is -2.24. The van der Waals surface area contributed by atoms with E-state index >= 15 is 0 Å². The molecule has 1 rings (SSSR count). The highest BCUT2D eigenvalue weighted by atomic mass is 16.2. The van der Waals surface area contributed by atoms with Crippen LogP contribution >= 0.6 is 0 Å². The van der Waals surface area contributed by atoms with Crippen LogP contribution in [0.25, 0.3) is 0 Å². The average Bonchev–Trinajstić information content (AvgIpc) is 2.75. The summed E-state index contributed by atoms with van der Waals surface area (Å²) in [5.41, 5.74) is 0. The Hall–Kier alpha value is -0.830. The minimum atomic E-state index is 0.256. The van der Waals surface area contributed by atoms with Gasteiger partial charge in [-0.25, -0.2) is 0 Å². The molecule has 0 radical (unpaired) electrons. The zero-order chi connectivity index (χ0) is 11.1. The molecule has 1 fully saturated rings. The Balaban J connectivity index is 2.32. The van der Waals surface area contributed by atoms with Gasteiger partial charge in [-0.05, 0) is 32.7 Å². The molecule has 0 bridgehead atoms. The number of hydrogen-bond donors (Lipinski definition) is 1. The van der Waals surface area contributed by atoms with Crippen LogP contribution in [0.15, 0.2) is 12.7 Å². The van der Waals surface area contributed by atoms with Crippen LogP contribution in [0.4, 0.5) is 0 Å². The summed E-state index contributed by atoms with van der Waals surface area (Å²) in [5.74, 6) is 0.256. The molecule has 1 aliphatic rings. The molecule has 1 saturated heterocycles. The molecule has 3 heteroatoms. The molecule has 0 aromatic rings. The summed E-state index contributed by atoms with van der Waals surface area (Å²) >= 11 is 0. The van der Waals surface area contributed by atoms with Crippen LogP contribution in [0.3, 0.4) is 0 Å². The van der Waals surface area contributed by atoms with Crippen molar-refractivity contribution in [3.63, 3.8) is 0 Å². The molecule has 1 atom stereocenters. The smallest absolute Gasteiger partial charge is 0.222 e. The maximum absolute atomic E-state index is 11.8. The lowest BCUT2D eigenvalue weighted by Crippen LogP contribution is -2.40. The minimum absolute atomic E-state index is 0.256. The van der Waals surface area contributed by atoms with Crippen molar-refractivity contribution < 1.29 is 4.79 Å². The van der Waals surface area contributed by atoms with Gasteiger partial charge >= 0.3 is 0 Å². The van der Waals surface area contributed by atoms with Crippen molar-refractivity contribution in [1.29, 1.82) is 0 Å². The summed E-state index contributed by atoms with van der Waals surface area (Å²) in [6, 6.07) is 0.512. The number of nitrogens with one attached hydrogen (secondary N) is 1. The van der Waals surface area contributed by atoms with Gasteiger partial charge in [-0.1, -0.05) is 6.08 Å². The van der Waals surface area contributed by atoms with E-state index in [1.165, 1.54) is 12.8 Å². The maximum Gasteiger partial charge on any atom is 0.222 e. The number of amides is 1. The number of allylic oxidation sites excluding steroid dienone is 1. The average molecular weight is 210 g/mol. The van der Waals surface area contributed by atoms with E-state index in [9.17, 15) is 4.79 Å². The number of nitrogens with zero attached hydrogens (tertiary/aromatic N) is 1. The van der Waals surface area contributed by atoms with E-state index in [-0.39, 0.29) is 5.91 Å². The quantitative estimate of drug-likeness (QED) is 0.675. The summed E-state index contributed by atoms with van der Waals surface area (Å²) in [6.45, 7) is 8.46. The molecular weight excluding hydrogens is 188 g/mol. The topological polar surface area (TPSA) is 32.3 Å². The Morgan fingerprint density at radius 3 is 3.00 bits per heavy atom. The first kappa shape index (κ1) is 12.2. The highest BCUT2D eigenvalue weighted by molar-refractivity contribution is 5.76. The second-order valence-electron chi connectivity index (χ2n) is 4.05. The molecule has 1 amide bonds. The third-order valence-corrected chi connectivity index (χ3v) is 2.90. The van der Waals surface area contributed by atoms with Crippen molar-refractivity contribution in [2.45, 2.75) is 38.6 Å². The molecule has 15 heavy (non-hydrogen) atoms. The van der Waals surface area contributed by atoms with Gasteiger partial charge in [0.1, 0.15) is 0 Å². The van der Waals surface area contributed by atoms with Crippen molar-refractivity contribution >= 4 is 5.91 Å². The SMILES string of the molecule is C=CCCC(=O)N(CC)CC1CCCN1. The van der Waals surface area contributed by atoms with Crippen LogP contribution in [0.1, 0.15) is 32.6 Å². The second kappa shape index (κ2) is 6.62. The molecule has 1 N–H and O–H groups in total. The zero-order valence-electron chi connectivity index (χ0n) is 9.67. The summed E-state index contributed by atoms with van der Waals surface area (Å²) in [7, 11) is 0. The van der Waals surface area contributed by atoms with Gasteiger partial charge in [-0.3, -0.25) is 4.79 Å². The number of rotatable bonds is 6. The Labute approximate surface area is 92.5 Å². The van der Waals surface area contributed by atoms with Crippen molar-refractivity contribution in [3.05, 3.63) is 12.7 Å². The van der Waals surface area contributed by atoms with E-state index in [4.69, 9.17) is 0 Å². The van der Waals surface area contributed by atoms with E-state index in [0.717, 1.165) is 26.1 Å². The van der Waals surface area contributed by atoms with Crippen LogP contribution in [0, 0.1) is 0 Å². The lowest BCUT2D eigenvalue weighted by molar-refractivity contribution is -0.131. The predicted molar refractivity (Wildman–Crippen MR) is 62.7 cm³/mol. The lowest BCUT2D eigenvalue weighted by atomic mass is 10.2. The van der Waals surface area contributed by atoms with Crippen LogP contribution in [-0.2, 0) is 4.79 Å². The number of hydrogen-bond acceptors (Lipinski definition) is 2. The van der Waals surface area contributed by atoms with E-state index in [1.54, 1.807) is 6.08 Å². The van der Waals surface area contributed by atoms with Gasteiger partial charge in [-0.15, -0.1) is 6.58 Å². The first-order valence-electron chi connectivity index (χ1n) is 5.90. The third kappa shape index (κ3) is 4.04. The van der Waals surface area contributed by atoms with Crippen molar-refractivity contribution in [2.24, 2.45) is 0 Å². The molecule has 0 aromatic heterocycles. The molecule has 1 heterocycles. The molecule has 3 nitrogen and oxygen atoms in total. The summed E-state index contributed by atoms with van der Waals surface area (Å²) in [6.07, 6.45) is 5.63. The van der Waals surface area contributed by atoms with Gasteiger partial charge in [0.25, 0.3) is 0 Å². The Morgan fingerprint density at radius 2 is 2.47 bits per heavy atom. The maximum atomic E-state index is 11.8. The fourth-order valence-corrected chi connectivity index (χ4v) is 1.97. The molecule has 0 spiro atoms. The molecule has 0 saturated carbocycles. The van der Waals surface area contributed by atoms with E-state index < -0.39 is 0 Å². The summed E-state index contributed by atoms with van der Waals surface area (Å²) < 4.78 is 0. The minimum Gasteiger partial charge on any atom is -0.341 e. The predicted octanol–water partition coefficient (Wildman–Crippen LogP) is 1.55. The normalized spacial score (nSPS) is 20.2. The van der Waals surface area contributed by atoms with Crippen LogP contribution in [-0.4, -0.2) is 36.5 Å². The van der Waals surface area contributed by atoms with Crippen LogP contribution in [0.5, 0.6) is 0 Å². The standard InChI is InChI=1S/C12H22N2O/c1-3-5-8-12(15)14(4-2)10-11-7-6-9-13-11/h3,11,13H,1,4-10H2,2H3. The molecular formula is C12H22N2O. The van der Waals surface area contributed by atoms with E-state index in [0.29, 0.717) is 12.5 Å². The molecule has 0 aromatic carbocycles. The molecule has 0 aliphatic carbocycles. The second-order valence-corrected chi connectivity index (χ2v) is 4.05. The highest BCUT2D eigenvalue weighted by Gasteiger charge is 2.19. The van der Waals surface area contributed by atoms with E-state index in [2.05, 4.69) is 11.9 Å². The number of carbonyl (C=O) groups excluding carboxylic acids is 1. The van der Waals surface area contributed by atoms with E-state index in [1.807, 2.05) is 11.8 Å². The monoisotopic (exact) mass is 210 g/mol. The van der Waals surface area contributed by atoms with Crippen molar-refractivity contribution in [2.75, 3.05) is 19.6 Å². The highest BCUT2D eigenvalue weighted by Crippen LogP contribution is 2.08. The van der Waals surface area contributed by atoms with Gasteiger partial charge in [-0.2, -0.15) is 0 Å². The van der Waals surface area contributed by atoms with Gasteiger partial charge in [0.15, 0.2) is 0 Å². The number of carbonyl (C=O) groups is 1. The summed E-state index contributed by atoms with van der Waals surface area (Å²) in [5, 5.41) is 3.42. The van der Waals surface area contributed by atoms with Gasteiger partial charge in [0, 0.05) is 25.6 Å². The number of likely N-dealkylation sites (N-methyl/N-ethyl adjacent to an activating group) is 1. The van der Waals surface area contributed by atoms with Gasteiger partial charge < -0.3 is 10.2 Å². The third-order valence-electron chi connectivity index (χ3n) is 2.90. The molecule has 1 aliphatic heterocycles. The molecule has 86 valence electrons. The van der Waals surface area contributed by atoms with Crippen LogP contribution in [0.2, 0.25) is 0 Å². The first-order chi connectivity index (χ1) is 7.27. The fourth-order valence-electron chi connectivity index (χ4n) is 1.97. The Kier molecular flexibility index (Phi) is 5.40. The van der Waals surface area contributed by atoms with Gasteiger partial charge in [0.05, 0.1) is 0 Å². The Bertz CT molecular complexity index is 210. The van der Waals surface area contributed by atoms with Crippen molar-refractivity contribution in [3.8, 4) is 0 Å². The Morgan fingerprint density at radius 1 is 1.67 bits per heavy atom. The van der Waals surface area contributed by atoms with Gasteiger partial charge in [0.2, 0.25) is 5.91 Å². The first-order valence-corrected chi connectivity index (χ1v) is 5.90. The molecule has 1 unspecified atom stereocenters. The van der Waals surface area contributed by atoms with Crippen molar-refractivity contribution in [1.82, 2.24) is 10.2 Å².